The molecule has 0 aromatic heterocycles. The molecule has 2 atom stereocenters. The molecule has 3 aromatic carbocycles. The summed E-state index contributed by atoms with van der Waals surface area (Å²) >= 11 is 0. The third kappa shape index (κ3) is 13.4. The number of carbonyl (C=O) groups is 6. The van der Waals surface area contributed by atoms with Crippen LogP contribution in [-0.2, 0) is 60.6 Å². The highest BCUT2D eigenvalue weighted by Crippen LogP contribution is 2.32. The van der Waals surface area contributed by atoms with Gasteiger partial charge in [-0.15, -0.1) is 0 Å². The second kappa shape index (κ2) is 24.7. The molecule has 2 fully saturated rings. The number of nitrogens with one attached hydrogen (secondary N) is 2. The first-order valence-electron chi connectivity index (χ1n) is 21.8. The third-order valence-corrected chi connectivity index (χ3v) is 10.8. The minimum Gasteiger partial charge on any atom is -0.491 e. The molecule has 0 bridgehead atoms. The molecular formula is C46H54F2N4O14. The summed E-state index contributed by atoms with van der Waals surface area (Å²) in [5.41, 5.74) is -0.431. The molecule has 20 heteroatoms. The Hall–Kier alpha value is -5.74. The quantitative estimate of drug-likeness (QED) is 0.0541. The van der Waals surface area contributed by atoms with Crippen LogP contribution in [0.3, 0.4) is 0 Å². The van der Waals surface area contributed by atoms with Gasteiger partial charge < -0.3 is 48.5 Å². The van der Waals surface area contributed by atoms with Gasteiger partial charge in [-0.2, -0.15) is 0 Å². The van der Waals surface area contributed by atoms with E-state index in [1.807, 2.05) is 0 Å². The molecule has 3 heterocycles. The fourth-order valence-corrected chi connectivity index (χ4v) is 7.50. The number of hydrogen-bond donors (Lipinski definition) is 3. The van der Waals surface area contributed by atoms with Crippen LogP contribution in [0.2, 0.25) is 0 Å². The molecule has 356 valence electrons. The molecule has 3 aliphatic rings. The van der Waals surface area contributed by atoms with Gasteiger partial charge in [0, 0.05) is 44.3 Å². The van der Waals surface area contributed by atoms with E-state index in [0.717, 1.165) is 17.0 Å². The fourth-order valence-electron chi connectivity index (χ4n) is 7.50. The lowest BCUT2D eigenvalue weighted by atomic mass is 9.99. The summed E-state index contributed by atoms with van der Waals surface area (Å²) in [4.78, 5) is 78.1. The first kappa shape index (κ1) is 49.7. The van der Waals surface area contributed by atoms with Gasteiger partial charge in [0.2, 0.25) is 17.4 Å². The van der Waals surface area contributed by atoms with E-state index in [4.69, 9.17) is 33.2 Å². The zero-order chi connectivity index (χ0) is 46.9. The molecule has 66 heavy (non-hydrogen) atoms. The Balaban J connectivity index is 0.702. The summed E-state index contributed by atoms with van der Waals surface area (Å²) in [5, 5.41) is 15.5. The van der Waals surface area contributed by atoms with Crippen LogP contribution in [0.25, 0.3) is 0 Å². The second-order valence-electron chi connectivity index (χ2n) is 15.4. The largest absolute Gasteiger partial charge is 0.491 e. The van der Waals surface area contributed by atoms with Crippen LogP contribution in [0, 0.1) is 11.6 Å². The monoisotopic (exact) mass is 924 g/mol. The number of fused-ring (bicyclic) bond motifs is 1. The molecule has 3 N–H and O–H groups in total. The number of hydrogen-bond acceptors (Lipinski definition) is 14. The van der Waals surface area contributed by atoms with Crippen molar-refractivity contribution < 1.29 is 75.8 Å². The zero-order valence-electron chi connectivity index (χ0n) is 36.4. The molecule has 2 unspecified atom stereocenters. The van der Waals surface area contributed by atoms with Gasteiger partial charge in [0.15, 0.2) is 0 Å². The van der Waals surface area contributed by atoms with Crippen molar-refractivity contribution in [3.05, 3.63) is 94.6 Å². The minimum atomic E-state index is -2.31. The summed E-state index contributed by atoms with van der Waals surface area (Å²) < 4.78 is 65.9. The van der Waals surface area contributed by atoms with E-state index in [2.05, 4.69) is 10.6 Å². The highest BCUT2D eigenvalue weighted by atomic mass is 19.1. The maximum absolute atomic E-state index is 13.5. The van der Waals surface area contributed by atoms with Crippen molar-refractivity contribution in [3.8, 4) is 5.75 Å². The molecule has 3 aliphatic heterocycles. The molecule has 0 spiro atoms. The standard InChI is InChI=1S/C46H54F2N4O14/c47-33-27-31(28-34(48)29-33)30-49-44(57)46(59)12-13-51(45(46)58)35-6-8-36(9-7-35)66-26-25-65-24-23-64-22-21-63-20-19-62-18-17-61-16-15-60-14-2-4-32-3-1-5-37-40(32)43(56)52(42(37)55)38-10-11-39(53)50-41(38)54/h1,3,5-9,27-29,38,59H,2,4,10-26,30H2,(H,49,57)(H,50,53,54). The maximum atomic E-state index is 13.5. The van der Waals surface area contributed by atoms with Crippen molar-refractivity contribution in [1.82, 2.24) is 15.5 Å². The average Bonchev–Trinajstić information content (AvgIpc) is 3.75. The Morgan fingerprint density at radius 2 is 1.32 bits per heavy atom. The number of benzene rings is 3. The molecule has 3 aromatic rings. The van der Waals surface area contributed by atoms with Crippen LogP contribution in [0.15, 0.2) is 60.7 Å². The van der Waals surface area contributed by atoms with Gasteiger partial charge in [0.25, 0.3) is 23.6 Å². The highest BCUT2D eigenvalue weighted by Gasteiger charge is 2.52. The van der Waals surface area contributed by atoms with Gasteiger partial charge >= 0.3 is 0 Å². The number of aliphatic hydroxyl groups is 1. The number of imide groups is 2. The van der Waals surface area contributed by atoms with Crippen LogP contribution in [0.1, 0.15) is 57.5 Å². The molecular weight excluding hydrogens is 871 g/mol. The molecule has 6 amide bonds. The number of ether oxygens (including phenoxy) is 7. The van der Waals surface area contributed by atoms with Gasteiger partial charge in [-0.25, -0.2) is 8.78 Å². The van der Waals surface area contributed by atoms with E-state index >= 15 is 0 Å². The maximum Gasteiger partial charge on any atom is 0.268 e. The number of rotatable bonds is 28. The number of amides is 6. The van der Waals surface area contributed by atoms with Crippen LogP contribution in [0.4, 0.5) is 14.5 Å². The van der Waals surface area contributed by atoms with E-state index in [-0.39, 0.29) is 50.1 Å². The number of piperidine rings is 1. The van der Waals surface area contributed by atoms with Crippen LogP contribution < -0.4 is 20.3 Å². The minimum absolute atomic E-state index is 0.0647. The lowest BCUT2D eigenvalue weighted by molar-refractivity contribution is -0.149. The second-order valence-corrected chi connectivity index (χ2v) is 15.4. The lowest BCUT2D eigenvalue weighted by Gasteiger charge is -2.27. The predicted octanol–water partition coefficient (Wildman–Crippen LogP) is 2.26. The molecule has 0 radical (unpaired) electrons. The predicted molar refractivity (Wildman–Crippen MR) is 228 cm³/mol. The smallest absolute Gasteiger partial charge is 0.268 e. The van der Waals surface area contributed by atoms with Crippen molar-refractivity contribution >= 4 is 41.1 Å². The first-order chi connectivity index (χ1) is 32.0. The average molecular weight is 925 g/mol. The fraction of sp³-hybridized carbons (Fsp3) is 0.478. The topological polar surface area (TPSA) is 218 Å². The van der Waals surface area contributed by atoms with Crippen molar-refractivity contribution in [1.29, 1.82) is 0 Å². The number of aryl methyl sites for hydroxylation is 1. The number of carbonyl (C=O) groups excluding carboxylic acids is 6. The normalized spacial score (nSPS) is 18.3. The molecule has 0 aliphatic carbocycles. The van der Waals surface area contributed by atoms with Gasteiger partial charge in [-0.1, -0.05) is 12.1 Å². The number of anilines is 1. The molecule has 2 saturated heterocycles. The summed E-state index contributed by atoms with van der Waals surface area (Å²) in [6.45, 7) is 4.71. The highest BCUT2D eigenvalue weighted by molar-refractivity contribution is 6.24. The summed E-state index contributed by atoms with van der Waals surface area (Å²) in [7, 11) is 0. The van der Waals surface area contributed by atoms with E-state index in [1.54, 1.807) is 42.5 Å². The van der Waals surface area contributed by atoms with E-state index in [1.165, 1.54) is 4.90 Å². The van der Waals surface area contributed by atoms with Crippen molar-refractivity contribution in [3.63, 3.8) is 0 Å². The van der Waals surface area contributed by atoms with Crippen LogP contribution in [0.5, 0.6) is 5.75 Å². The van der Waals surface area contributed by atoms with Crippen molar-refractivity contribution in [2.24, 2.45) is 0 Å². The van der Waals surface area contributed by atoms with Gasteiger partial charge in [-0.05, 0) is 72.9 Å². The van der Waals surface area contributed by atoms with Crippen molar-refractivity contribution in [2.45, 2.75) is 50.3 Å². The lowest BCUT2D eigenvalue weighted by Crippen LogP contribution is -2.54. The van der Waals surface area contributed by atoms with Crippen LogP contribution >= 0.6 is 0 Å². The van der Waals surface area contributed by atoms with Gasteiger partial charge in [0.05, 0.1) is 83.8 Å². The third-order valence-electron chi connectivity index (χ3n) is 10.8. The van der Waals surface area contributed by atoms with E-state index < -0.39 is 58.7 Å². The number of nitrogens with zero attached hydrogens (tertiary/aromatic N) is 2. The Morgan fingerprint density at radius 1 is 0.742 bits per heavy atom. The summed E-state index contributed by atoms with van der Waals surface area (Å²) in [6.07, 6.45) is 1.13. The first-order valence-corrected chi connectivity index (χ1v) is 21.8. The van der Waals surface area contributed by atoms with E-state index in [0.29, 0.717) is 121 Å². The molecule has 0 saturated carbocycles. The van der Waals surface area contributed by atoms with Crippen molar-refractivity contribution in [2.75, 3.05) is 97.3 Å². The van der Waals surface area contributed by atoms with Gasteiger partial charge in [-0.3, -0.25) is 39.0 Å². The molecule has 6 rings (SSSR count). The summed E-state index contributed by atoms with van der Waals surface area (Å²) in [5.74, 6) is -4.94. The number of halogens is 2. The Bertz CT molecular complexity index is 2160. The Morgan fingerprint density at radius 3 is 1.91 bits per heavy atom. The van der Waals surface area contributed by atoms with Crippen LogP contribution in [-0.4, -0.2) is 150 Å². The van der Waals surface area contributed by atoms with E-state index in [9.17, 15) is 42.7 Å². The SMILES string of the molecule is O=C1CCC(N2C(=O)c3cccc(CCCOCCOCCOCCOCCOCCOCCOc4ccc(N5CCC(O)(C(=O)NCc6cc(F)cc(F)c6)C5=O)cc4)c3C2=O)C(=O)N1. The Labute approximate surface area is 379 Å². The van der Waals surface area contributed by atoms with Gasteiger partial charge in [0.1, 0.15) is 30.0 Å². The Kier molecular flexibility index (Phi) is 18.6. The summed E-state index contributed by atoms with van der Waals surface area (Å²) in [6, 6.07) is 13.5. The molecule has 18 nitrogen and oxygen atoms in total. The zero-order valence-corrected chi connectivity index (χ0v) is 36.4.